The van der Waals surface area contributed by atoms with Crippen LogP contribution in [0.1, 0.15) is 6.92 Å². The van der Waals surface area contributed by atoms with Gasteiger partial charge in [-0.05, 0) is 13.0 Å². The van der Waals surface area contributed by atoms with Gasteiger partial charge < -0.3 is 40.3 Å². The lowest BCUT2D eigenvalue weighted by Gasteiger charge is -2.34. The van der Waals surface area contributed by atoms with Gasteiger partial charge in [0.05, 0.1) is 6.61 Å². The lowest BCUT2D eigenvalue weighted by molar-refractivity contribution is -0.151. The summed E-state index contributed by atoms with van der Waals surface area (Å²) in [6.07, 6.45) is -2.95. The number of anilines is 1. The highest BCUT2D eigenvalue weighted by Crippen LogP contribution is 2.66. The molecule has 1 saturated heterocycles. The summed E-state index contributed by atoms with van der Waals surface area (Å²) in [5, 5.41) is 30.7. The number of nitrogen functional groups attached to an aromatic ring is 1. The Labute approximate surface area is 177 Å². The maximum Gasteiger partial charge on any atom is 0.490 e. The molecular formula is C11H17N4O14P3. The van der Waals surface area contributed by atoms with Crippen LogP contribution in [0.3, 0.4) is 0 Å². The number of aromatic nitrogens is 2. The number of ether oxygens (including phenoxy) is 1. The number of rotatable bonds is 8. The fourth-order valence-electron chi connectivity index (χ4n) is 2.71. The standard InChI is InChI=1S/C11H17N4O14P3/c1-10(18)8(16)6(4-26-31(22,23)29-32(24,25)28-30(19,20)21)27-11(10,5-12)15-3-2-7(13)14-9(15)17/h2-3,6,8,16,18H,4H2,1H3,(H,22,23)(H,24,25)(H2,13,14,17)(H2,19,20,21)/t6-,8-,10-,11-/m1/s1. The second-order valence-corrected chi connectivity index (χ2v) is 10.8. The van der Waals surface area contributed by atoms with Gasteiger partial charge in [0, 0.05) is 6.20 Å². The van der Waals surface area contributed by atoms with Gasteiger partial charge in [0.1, 0.15) is 24.1 Å². The number of hydrogen-bond donors (Lipinski definition) is 7. The molecule has 1 aliphatic rings. The zero-order chi connectivity index (χ0) is 24.8. The van der Waals surface area contributed by atoms with Gasteiger partial charge in [0.2, 0.25) is 0 Å². The fraction of sp³-hybridized carbons (Fsp3) is 0.545. The molecule has 0 spiro atoms. The van der Waals surface area contributed by atoms with E-state index in [2.05, 4.69) is 18.1 Å². The Morgan fingerprint density at radius 1 is 1.28 bits per heavy atom. The third-order valence-corrected chi connectivity index (χ3v) is 7.87. The van der Waals surface area contributed by atoms with Crippen molar-refractivity contribution in [3.8, 4) is 6.07 Å². The predicted molar refractivity (Wildman–Crippen MR) is 97.8 cm³/mol. The molecular weight excluding hydrogens is 505 g/mol. The average Bonchev–Trinajstić information content (AvgIpc) is 2.77. The van der Waals surface area contributed by atoms with Gasteiger partial charge >= 0.3 is 29.2 Å². The molecule has 0 aliphatic carbocycles. The summed E-state index contributed by atoms with van der Waals surface area (Å²) < 4.78 is 51.0. The van der Waals surface area contributed by atoms with Crippen molar-refractivity contribution in [3.63, 3.8) is 0 Å². The first-order chi connectivity index (χ1) is 14.4. The molecule has 32 heavy (non-hydrogen) atoms. The first kappa shape index (κ1) is 26.7. The third kappa shape index (κ3) is 5.50. The van der Waals surface area contributed by atoms with Crippen LogP contribution in [0, 0.1) is 11.3 Å². The Morgan fingerprint density at radius 3 is 2.38 bits per heavy atom. The first-order valence-electron chi connectivity index (χ1n) is 7.99. The molecule has 2 rings (SSSR count). The van der Waals surface area contributed by atoms with Crippen LogP contribution in [0.5, 0.6) is 0 Å². The summed E-state index contributed by atoms with van der Waals surface area (Å²) in [6, 6.07) is 2.58. The number of aliphatic hydroxyl groups excluding tert-OH is 1. The molecule has 8 N–H and O–H groups in total. The molecule has 0 radical (unpaired) electrons. The minimum Gasteiger partial charge on any atom is -0.387 e. The summed E-state index contributed by atoms with van der Waals surface area (Å²) in [6.45, 7) is -0.296. The number of nitrogens with zero attached hydrogens (tertiary/aromatic N) is 3. The smallest absolute Gasteiger partial charge is 0.387 e. The van der Waals surface area contributed by atoms with E-state index in [4.69, 9.17) is 25.2 Å². The van der Waals surface area contributed by atoms with E-state index < -0.39 is 59.3 Å². The van der Waals surface area contributed by atoms with Gasteiger partial charge in [-0.25, -0.2) is 18.5 Å². The van der Waals surface area contributed by atoms with E-state index in [1.165, 1.54) is 6.07 Å². The molecule has 1 aromatic rings. The topological polar surface area (TPSA) is 294 Å². The van der Waals surface area contributed by atoms with Crippen molar-refractivity contribution < 1.29 is 61.4 Å². The van der Waals surface area contributed by atoms with Crippen LogP contribution in [0.4, 0.5) is 5.82 Å². The highest BCUT2D eigenvalue weighted by Gasteiger charge is 2.65. The molecule has 0 bridgehead atoms. The number of phosphoric ester groups is 1. The van der Waals surface area contributed by atoms with Crippen molar-refractivity contribution in [1.29, 1.82) is 5.26 Å². The van der Waals surface area contributed by atoms with Gasteiger partial charge in [-0.3, -0.25) is 9.09 Å². The molecule has 1 aliphatic heterocycles. The summed E-state index contributed by atoms with van der Waals surface area (Å²) in [5.74, 6) is -0.235. The molecule has 21 heteroatoms. The second kappa shape index (κ2) is 8.67. The first-order valence-corrected chi connectivity index (χ1v) is 12.5. The van der Waals surface area contributed by atoms with E-state index >= 15 is 0 Å². The summed E-state index contributed by atoms with van der Waals surface area (Å²) >= 11 is 0. The Bertz CT molecular complexity index is 1130. The van der Waals surface area contributed by atoms with Gasteiger partial charge in [-0.1, -0.05) is 0 Å². The van der Waals surface area contributed by atoms with Crippen LogP contribution in [0.25, 0.3) is 0 Å². The monoisotopic (exact) mass is 522 g/mol. The van der Waals surface area contributed by atoms with Gasteiger partial charge in [-0.2, -0.15) is 18.9 Å². The summed E-state index contributed by atoms with van der Waals surface area (Å²) in [7, 11) is -17.0. The summed E-state index contributed by atoms with van der Waals surface area (Å²) in [4.78, 5) is 51.1. The van der Waals surface area contributed by atoms with E-state index in [1.807, 2.05) is 0 Å². The molecule has 0 amide bonds. The van der Waals surface area contributed by atoms with Gasteiger partial charge in [0.25, 0.3) is 5.72 Å². The SMILES string of the molecule is C[C@@]1(O)[C@H](O)[C@@H](COP(=O)(O)OP(=O)(O)OP(=O)(O)O)O[C@@]1(C#N)n1ccc(N)nc1=O. The number of hydrogen-bond acceptors (Lipinski definition) is 13. The van der Waals surface area contributed by atoms with E-state index in [0.29, 0.717) is 4.57 Å². The Morgan fingerprint density at radius 2 is 1.88 bits per heavy atom. The van der Waals surface area contributed by atoms with Crippen molar-refractivity contribution in [1.82, 2.24) is 9.55 Å². The zero-order valence-corrected chi connectivity index (χ0v) is 18.4. The lowest BCUT2D eigenvalue weighted by Crippen LogP contribution is -2.57. The highest BCUT2D eigenvalue weighted by molar-refractivity contribution is 7.66. The quantitative estimate of drug-likeness (QED) is 0.179. The van der Waals surface area contributed by atoms with E-state index in [9.17, 15) is 38.9 Å². The normalized spacial score (nSPS) is 32.1. The molecule has 180 valence electrons. The highest BCUT2D eigenvalue weighted by atomic mass is 31.3. The number of aliphatic hydroxyl groups is 2. The molecule has 0 aromatic carbocycles. The molecule has 6 atom stereocenters. The minimum atomic E-state index is -5.80. The van der Waals surface area contributed by atoms with Crippen molar-refractivity contribution in [2.24, 2.45) is 0 Å². The average molecular weight is 522 g/mol. The van der Waals surface area contributed by atoms with Crippen LogP contribution in [-0.4, -0.2) is 63.8 Å². The fourth-order valence-corrected chi connectivity index (χ4v) is 5.74. The van der Waals surface area contributed by atoms with Crippen LogP contribution >= 0.6 is 23.5 Å². The second-order valence-electron chi connectivity index (χ2n) is 6.40. The Hall–Kier alpha value is -1.54. The van der Waals surface area contributed by atoms with Crippen LogP contribution in [-0.2, 0) is 37.3 Å². The largest absolute Gasteiger partial charge is 0.490 e. The minimum absolute atomic E-state index is 0.235. The Balaban J connectivity index is 2.27. The van der Waals surface area contributed by atoms with Crippen LogP contribution < -0.4 is 11.4 Å². The van der Waals surface area contributed by atoms with E-state index in [1.54, 1.807) is 0 Å². The predicted octanol–water partition coefficient (Wildman–Crippen LogP) is -2.14. The number of nitriles is 1. The molecule has 1 aromatic heterocycles. The maximum absolute atomic E-state index is 12.2. The van der Waals surface area contributed by atoms with Crippen molar-refractivity contribution in [2.45, 2.75) is 30.5 Å². The Kier molecular flexibility index (Phi) is 7.24. The van der Waals surface area contributed by atoms with E-state index in [-0.39, 0.29) is 5.82 Å². The molecule has 1 fully saturated rings. The lowest BCUT2D eigenvalue weighted by atomic mass is 9.88. The van der Waals surface area contributed by atoms with Crippen molar-refractivity contribution in [3.05, 3.63) is 22.7 Å². The molecule has 2 unspecified atom stereocenters. The number of nitrogens with two attached hydrogens (primary N) is 1. The molecule has 2 heterocycles. The molecule has 18 nitrogen and oxygen atoms in total. The summed E-state index contributed by atoms with van der Waals surface area (Å²) in [5.41, 5.74) is -0.976. The van der Waals surface area contributed by atoms with Crippen LogP contribution in [0.2, 0.25) is 0 Å². The molecule has 0 saturated carbocycles. The van der Waals surface area contributed by atoms with Crippen LogP contribution in [0.15, 0.2) is 17.1 Å². The third-order valence-electron chi connectivity index (χ3n) is 4.07. The maximum atomic E-state index is 12.2. The number of phosphoric acid groups is 3. The van der Waals surface area contributed by atoms with Gasteiger partial charge in [0.15, 0.2) is 5.60 Å². The zero-order valence-electron chi connectivity index (χ0n) is 15.7. The van der Waals surface area contributed by atoms with Gasteiger partial charge in [-0.15, -0.1) is 0 Å². The van der Waals surface area contributed by atoms with E-state index in [0.717, 1.165) is 19.2 Å². The van der Waals surface area contributed by atoms with Crippen molar-refractivity contribution >= 4 is 29.3 Å². The van der Waals surface area contributed by atoms with Crippen molar-refractivity contribution in [2.75, 3.05) is 12.3 Å².